The maximum atomic E-state index is 6.34. The summed E-state index contributed by atoms with van der Waals surface area (Å²) in [5.41, 5.74) is 3.28. The minimum absolute atomic E-state index is 0.609. The average Bonchev–Trinajstić information content (AvgIpc) is 2.77. The van der Waals surface area contributed by atoms with Gasteiger partial charge in [0.1, 0.15) is 11.4 Å². The van der Waals surface area contributed by atoms with Crippen LogP contribution in [0.1, 0.15) is 25.2 Å². The van der Waals surface area contributed by atoms with E-state index in [0.717, 1.165) is 33.6 Å². The summed E-state index contributed by atoms with van der Waals surface area (Å²) < 4.78 is 22.5. The molecule has 3 aromatic rings. The van der Waals surface area contributed by atoms with E-state index in [1.165, 1.54) is 0 Å². The summed E-state index contributed by atoms with van der Waals surface area (Å²) in [6.45, 7) is 5.81. The summed E-state index contributed by atoms with van der Waals surface area (Å²) in [5, 5.41) is 0.812. The van der Waals surface area contributed by atoms with Gasteiger partial charge in [-0.2, -0.15) is 0 Å². The zero-order valence-corrected chi connectivity index (χ0v) is 18.1. The first-order chi connectivity index (χ1) is 14.5. The highest BCUT2D eigenvalue weighted by molar-refractivity contribution is 5.88. The van der Waals surface area contributed by atoms with E-state index in [4.69, 9.17) is 23.9 Å². The Hall–Kier alpha value is -3.54. The van der Waals surface area contributed by atoms with Gasteiger partial charge in [0.15, 0.2) is 17.2 Å². The molecule has 0 radical (unpaired) electrons. The lowest BCUT2D eigenvalue weighted by Crippen LogP contribution is -1.98. The third-order valence-corrected chi connectivity index (χ3v) is 4.69. The lowest BCUT2D eigenvalue weighted by atomic mass is 10.1. The van der Waals surface area contributed by atoms with Crippen molar-refractivity contribution in [1.82, 2.24) is 9.97 Å². The van der Waals surface area contributed by atoms with Crippen molar-refractivity contribution < 1.29 is 18.9 Å². The molecule has 156 valence electrons. The molecule has 2 heterocycles. The molecule has 0 amide bonds. The molecule has 3 rings (SSSR count). The van der Waals surface area contributed by atoms with Gasteiger partial charge in [0.05, 0.1) is 32.6 Å². The third-order valence-electron chi connectivity index (χ3n) is 4.69. The Morgan fingerprint density at radius 3 is 2.33 bits per heavy atom. The molecule has 0 aliphatic carbocycles. The van der Waals surface area contributed by atoms with Crippen molar-refractivity contribution in [2.45, 2.75) is 20.8 Å². The SMILES string of the molecule is C/C=C(\C=C(/C)OC)c1nc(C)ccc1Oc1ccnc2cc(OC)c(OC)cc12. The predicted octanol–water partition coefficient (Wildman–Crippen LogP) is 5.70. The Morgan fingerprint density at radius 1 is 0.933 bits per heavy atom. The Morgan fingerprint density at radius 2 is 1.67 bits per heavy atom. The van der Waals surface area contributed by atoms with Gasteiger partial charge in [0.25, 0.3) is 0 Å². The number of rotatable bonds is 7. The summed E-state index contributed by atoms with van der Waals surface area (Å²) in [7, 11) is 4.85. The topological polar surface area (TPSA) is 62.7 Å². The quantitative estimate of drug-likeness (QED) is 0.370. The van der Waals surface area contributed by atoms with E-state index in [-0.39, 0.29) is 0 Å². The van der Waals surface area contributed by atoms with Gasteiger partial charge < -0.3 is 18.9 Å². The summed E-state index contributed by atoms with van der Waals surface area (Å²) in [5.74, 6) is 3.29. The van der Waals surface area contributed by atoms with Gasteiger partial charge in [-0.05, 0) is 51.1 Å². The molecule has 0 bridgehead atoms. The second-order valence-corrected chi connectivity index (χ2v) is 6.64. The zero-order chi connectivity index (χ0) is 21.7. The molecular weight excluding hydrogens is 380 g/mol. The fraction of sp³-hybridized carbons (Fsp3) is 0.250. The van der Waals surface area contributed by atoms with Crippen LogP contribution < -0.4 is 14.2 Å². The van der Waals surface area contributed by atoms with Crippen molar-refractivity contribution in [3.05, 3.63) is 65.8 Å². The Bertz CT molecular complexity index is 1120. The summed E-state index contributed by atoms with van der Waals surface area (Å²) in [4.78, 5) is 9.15. The van der Waals surface area contributed by atoms with E-state index < -0.39 is 0 Å². The Kier molecular flexibility index (Phi) is 6.57. The molecule has 0 unspecified atom stereocenters. The van der Waals surface area contributed by atoms with Gasteiger partial charge in [-0.1, -0.05) is 6.08 Å². The molecular formula is C24H26N2O4. The number of aryl methyl sites for hydroxylation is 1. The van der Waals surface area contributed by atoms with E-state index >= 15 is 0 Å². The number of allylic oxidation sites excluding steroid dienone is 4. The number of aromatic nitrogens is 2. The van der Waals surface area contributed by atoms with Gasteiger partial charge in [0.2, 0.25) is 0 Å². The van der Waals surface area contributed by atoms with E-state index in [0.29, 0.717) is 23.0 Å². The van der Waals surface area contributed by atoms with Gasteiger partial charge in [0, 0.05) is 28.9 Å². The number of pyridine rings is 2. The van der Waals surface area contributed by atoms with Crippen LogP contribution in [0.4, 0.5) is 0 Å². The van der Waals surface area contributed by atoms with E-state index in [1.807, 2.05) is 63.3 Å². The Labute approximate surface area is 176 Å². The van der Waals surface area contributed by atoms with E-state index in [1.54, 1.807) is 27.5 Å². The first kappa shape index (κ1) is 21.2. The Balaban J connectivity index is 2.12. The van der Waals surface area contributed by atoms with Gasteiger partial charge in [-0.25, -0.2) is 4.98 Å². The first-order valence-corrected chi connectivity index (χ1v) is 9.56. The van der Waals surface area contributed by atoms with Crippen molar-refractivity contribution in [1.29, 1.82) is 0 Å². The number of nitrogens with zero attached hydrogens (tertiary/aromatic N) is 2. The van der Waals surface area contributed by atoms with E-state index in [9.17, 15) is 0 Å². The van der Waals surface area contributed by atoms with Crippen molar-refractivity contribution >= 4 is 16.5 Å². The maximum Gasteiger partial charge on any atom is 0.162 e. The highest BCUT2D eigenvalue weighted by Gasteiger charge is 2.15. The minimum atomic E-state index is 0.609. The molecule has 0 atom stereocenters. The fourth-order valence-corrected chi connectivity index (χ4v) is 3.05. The van der Waals surface area contributed by atoms with Crippen LogP contribution in [-0.4, -0.2) is 31.3 Å². The second-order valence-electron chi connectivity index (χ2n) is 6.64. The molecule has 0 saturated carbocycles. The lowest BCUT2D eigenvalue weighted by Gasteiger charge is -2.15. The summed E-state index contributed by atoms with van der Waals surface area (Å²) >= 11 is 0. The van der Waals surface area contributed by atoms with Crippen LogP contribution in [0.5, 0.6) is 23.0 Å². The fourth-order valence-electron chi connectivity index (χ4n) is 3.05. The van der Waals surface area contributed by atoms with Crippen LogP contribution >= 0.6 is 0 Å². The van der Waals surface area contributed by atoms with Crippen LogP contribution in [0.3, 0.4) is 0 Å². The number of ether oxygens (including phenoxy) is 4. The van der Waals surface area contributed by atoms with Crippen molar-refractivity contribution in [2.24, 2.45) is 0 Å². The number of hydrogen-bond donors (Lipinski definition) is 0. The molecule has 0 N–H and O–H groups in total. The molecule has 0 aliphatic rings. The summed E-state index contributed by atoms with van der Waals surface area (Å²) in [6, 6.07) is 9.36. The minimum Gasteiger partial charge on any atom is -0.501 e. The average molecular weight is 406 g/mol. The third kappa shape index (κ3) is 4.38. The van der Waals surface area contributed by atoms with Crippen LogP contribution in [0.25, 0.3) is 16.5 Å². The highest BCUT2D eigenvalue weighted by Crippen LogP contribution is 2.38. The normalized spacial score (nSPS) is 12.1. The molecule has 0 fully saturated rings. The smallest absolute Gasteiger partial charge is 0.162 e. The number of benzene rings is 1. The predicted molar refractivity (Wildman–Crippen MR) is 118 cm³/mol. The van der Waals surface area contributed by atoms with Crippen molar-refractivity contribution in [3.63, 3.8) is 0 Å². The molecule has 30 heavy (non-hydrogen) atoms. The highest BCUT2D eigenvalue weighted by atomic mass is 16.5. The molecule has 0 spiro atoms. The summed E-state index contributed by atoms with van der Waals surface area (Å²) in [6.07, 6.45) is 5.62. The number of hydrogen-bond acceptors (Lipinski definition) is 6. The molecule has 6 heteroatoms. The molecule has 2 aromatic heterocycles. The second kappa shape index (κ2) is 9.31. The molecule has 6 nitrogen and oxygen atoms in total. The monoisotopic (exact) mass is 406 g/mol. The lowest BCUT2D eigenvalue weighted by molar-refractivity contribution is 0.294. The van der Waals surface area contributed by atoms with Gasteiger partial charge >= 0.3 is 0 Å². The van der Waals surface area contributed by atoms with Gasteiger partial charge in [-0.15, -0.1) is 0 Å². The van der Waals surface area contributed by atoms with Crippen molar-refractivity contribution in [3.8, 4) is 23.0 Å². The standard InChI is InChI=1S/C24H26N2O4/c1-7-17(12-16(3)27-4)24-21(9-8-15(2)26-24)30-20-10-11-25-19-14-23(29-6)22(28-5)13-18(19)20/h7-14H,1-6H3/b16-12+,17-7+. The van der Waals surface area contributed by atoms with Gasteiger partial charge in [-0.3, -0.25) is 4.98 Å². The van der Waals surface area contributed by atoms with E-state index in [2.05, 4.69) is 4.98 Å². The maximum absolute atomic E-state index is 6.34. The number of methoxy groups -OCH3 is 3. The zero-order valence-electron chi connectivity index (χ0n) is 18.1. The van der Waals surface area contributed by atoms with Crippen LogP contribution in [0.15, 0.2) is 54.4 Å². The molecule has 0 saturated heterocycles. The van der Waals surface area contributed by atoms with Crippen LogP contribution in [-0.2, 0) is 4.74 Å². The van der Waals surface area contributed by atoms with Crippen molar-refractivity contribution in [2.75, 3.05) is 21.3 Å². The molecule has 0 aliphatic heterocycles. The van der Waals surface area contributed by atoms with Crippen LogP contribution in [0.2, 0.25) is 0 Å². The first-order valence-electron chi connectivity index (χ1n) is 9.56. The largest absolute Gasteiger partial charge is 0.501 e. The number of fused-ring (bicyclic) bond motifs is 1. The molecule has 1 aromatic carbocycles. The van der Waals surface area contributed by atoms with Crippen LogP contribution in [0, 0.1) is 6.92 Å².